The van der Waals surface area contributed by atoms with Crippen LogP contribution in [0.3, 0.4) is 0 Å². The lowest BCUT2D eigenvalue weighted by Crippen LogP contribution is -2.24. The van der Waals surface area contributed by atoms with E-state index in [-0.39, 0.29) is 11.7 Å². The topological polar surface area (TPSA) is 83.8 Å². The van der Waals surface area contributed by atoms with Crippen molar-refractivity contribution in [2.45, 2.75) is 20.4 Å². The molecular formula is C11H14N4OS. The first-order valence-electron chi connectivity index (χ1n) is 5.20. The molecule has 0 unspecified atom stereocenters. The average molecular weight is 250 g/mol. The van der Waals surface area contributed by atoms with Crippen molar-refractivity contribution in [1.29, 1.82) is 0 Å². The summed E-state index contributed by atoms with van der Waals surface area (Å²) in [5.41, 5.74) is 9.05. The normalized spacial score (nSPS) is 10.5. The van der Waals surface area contributed by atoms with E-state index in [4.69, 9.17) is 5.73 Å². The van der Waals surface area contributed by atoms with E-state index in [2.05, 4.69) is 20.9 Å². The number of thiophene rings is 1. The van der Waals surface area contributed by atoms with E-state index in [9.17, 15) is 4.79 Å². The molecule has 4 N–H and O–H groups in total. The van der Waals surface area contributed by atoms with E-state index < -0.39 is 0 Å². The van der Waals surface area contributed by atoms with Crippen molar-refractivity contribution in [2.24, 2.45) is 0 Å². The van der Waals surface area contributed by atoms with Crippen LogP contribution in [0.5, 0.6) is 0 Å². The van der Waals surface area contributed by atoms with Crippen molar-refractivity contribution in [1.82, 2.24) is 15.5 Å². The van der Waals surface area contributed by atoms with Crippen LogP contribution in [0.2, 0.25) is 0 Å². The Morgan fingerprint density at radius 2 is 2.29 bits per heavy atom. The minimum Gasteiger partial charge on any atom is -0.382 e. The summed E-state index contributed by atoms with van der Waals surface area (Å²) in [5.74, 6) is 0.0430. The van der Waals surface area contributed by atoms with Gasteiger partial charge in [0.15, 0.2) is 5.82 Å². The van der Waals surface area contributed by atoms with Crippen LogP contribution in [0.4, 0.5) is 5.82 Å². The minimum atomic E-state index is -0.195. The first kappa shape index (κ1) is 11.7. The second-order valence-electron chi connectivity index (χ2n) is 3.87. The Labute approximate surface area is 103 Å². The number of rotatable bonds is 3. The molecule has 0 spiro atoms. The van der Waals surface area contributed by atoms with Gasteiger partial charge in [-0.05, 0) is 35.7 Å². The van der Waals surface area contributed by atoms with Gasteiger partial charge in [0.1, 0.15) is 5.56 Å². The van der Waals surface area contributed by atoms with Gasteiger partial charge in [-0.3, -0.25) is 9.89 Å². The zero-order valence-corrected chi connectivity index (χ0v) is 10.5. The molecule has 0 aliphatic heterocycles. The summed E-state index contributed by atoms with van der Waals surface area (Å²) < 4.78 is 0. The number of nitrogens with zero attached hydrogens (tertiary/aromatic N) is 1. The molecule has 0 saturated heterocycles. The Hall–Kier alpha value is -1.82. The monoisotopic (exact) mass is 250 g/mol. The Morgan fingerprint density at radius 3 is 2.82 bits per heavy atom. The van der Waals surface area contributed by atoms with Gasteiger partial charge in [0.2, 0.25) is 0 Å². The van der Waals surface area contributed by atoms with E-state index in [0.717, 1.165) is 5.56 Å². The zero-order valence-electron chi connectivity index (χ0n) is 9.70. The van der Waals surface area contributed by atoms with E-state index in [0.29, 0.717) is 17.8 Å². The second kappa shape index (κ2) is 4.58. The minimum absolute atomic E-state index is 0.195. The fourth-order valence-corrected chi connectivity index (χ4v) is 2.42. The number of nitrogens with one attached hydrogen (secondary N) is 2. The third kappa shape index (κ3) is 2.31. The highest BCUT2D eigenvalue weighted by molar-refractivity contribution is 7.08. The highest BCUT2D eigenvalue weighted by atomic mass is 32.1. The third-order valence-electron chi connectivity index (χ3n) is 2.60. The predicted octanol–water partition coefficient (Wildman–Crippen LogP) is 1.60. The molecule has 0 aliphatic rings. The van der Waals surface area contributed by atoms with Crippen LogP contribution in [0.1, 0.15) is 27.2 Å². The Kier molecular flexibility index (Phi) is 3.14. The number of nitrogen functional groups attached to an aromatic ring is 1. The summed E-state index contributed by atoms with van der Waals surface area (Å²) in [6.07, 6.45) is 0. The Bertz CT molecular complexity index is 524. The lowest BCUT2D eigenvalue weighted by molar-refractivity contribution is 0.0951. The Morgan fingerprint density at radius 1 is 1.53 bits per heavy atom. The molecule has 0 atom stereocenters. The van der Waals surface area contributed by atoms with Crippen molar-refractivity contribution in [3.05, 3.63) is 33.1 Å². The highest BCUT2D eigenvalue weighted by Crippen LogP contribution is 2.15. The van der Waals surface area contributed by atoms with E-state index in [1.807, 2.05) is 12.3 Å². The SMILES string of the molecule is Cc1cscc1CNC(=O)c1c(N)n[nH]c1C. The van der Waals surface area contributed by atoms with Gasteiger partial charge in [-0.2, -0.15) is 16.4 Å². The molecule has 0 aromatic carbocycles. The number of aromatic nitrogens is 2. The van der Waals surface area contributed by atoms with Crippen LogP contribution in [-0.4, -0.2) is 16.1 Å². The third-order valence-corrected chi connectivity index (χ3v) is 3.51. The maximum absolute atomic E-state index is 11.9. The van der Waals surface area contributed by atoms with Gasteiger partial charge in [-0.25, -0.2) is 0 Å². The predicted molar refractivity (Wildman–Crippen MR) is 68.0 cm³/mol. The molecule has 0 saturated carbocycles. The molecule has 1 amide bonds. The van der Waals surface area contributed by atoms with Crippen LogP contribution in [-0.2, 0) is 6.54 Å². The zero-order chi connectivity index (χ0) is 12.4. The van der Waals surface area contributed by atoms with Gasteiger partial charge in [0.25, 0.3) is 5.91 Å². The fourth-order valence-electron chi connectivity index (χ4n) is 1.57. The van der Waals surface area contributed by atoms with Crippen molar-refractivity contribution >= 4 is 23.1 Å². The molecule has 2 heterocycles. The summed E-state index contributed by atoms with van der Waals surface area (Å²) in [4.78, 5) is 11.9. The Balaban J connectivity index is 2.06. The fraction of sp³-hybridized carbons (Fsp3) is 0.273. The largest absolute Gasteiger partial charge is 0.382 e. The van der Waals surface area contributed by atoms with Gasteiger partial charge in [0.05, 0.1) is 0 Å². The first-order valence-corrected chi connectivity index (χ1v) is 6.14. The molecule has 0 fully saturated rings. The number of carbonyl (C=O) groups is 1. The molecule has 0 aliphatic carbocycles. The van der Waals surface area contributed by atoms with Gasteiger partial charge in [0, 0.05) is 12.2 Å². The number of H-pyrrole nitrogens is 1. The van der Waals surface area contributed by atoms with E-state index >= 15 is 0 Å². The van der Waals surface area contributed by atoms with Crippen molar-refractivity contribution in [2.75, 3.05) is 5.73 Å². The molecule has 2 rings (SSSR count). The molecule has 0 bridgehead atoms. The van der Waals surface area contributed by atoms with Crippen LogP contribution < -0.4 is 11.1 Å². The molecule has 2 aromatic rings. The maximum atomic E-state index is 11.9. The molecule has 5 nitrogen and oxygen atoms in total. The molecular weight excluding hydrogens is 236 g/mol. The average Bonchev–Trinajstić information content (AvgIpc) is 2.83. The summed E-state index contributed by atoms with van der Waals surface area (Å²) in [7, 11) is 0. The summed E-state index contributed by atoms with van der Waals surface area (Å²) in [6.45, 7) is 4.31. The van der Waals surface area contributed by atoms with Crippen molar-refractivity contribution in [3.63, 3.8) is 0 Å². The van der Waals surface area contributed by atoms with Crippen LogP contribution in [0, 0.1) is 13.8 Å². The number of hydrogen-bond donors (Lipinski definition) is 3. The number of amides is 1. The highest BCUT2D eigenvalue weighted by Gasteiger charge is 2.15. The number of nitrogens with two attached hydrogens (primary N) is 1. The maximum Gasteiger partial charge on any atom is 0.257 e. The van der Waals surface area contributed by atoms with Gasteiger partial charge >= 0.3 is 0 Å². The number of hydrogen-bond acceptors (Lipinski definition) is 4. The van der Waals surface area contributed by atoms with Gasteiger partial charge in [-0.15, -0.1) is 0 Å². The quantitative estimate of drug-likeness (QED) is 0.773. The number of anilines is 1. The smallest absolute Gasteiger partial charge is 0.257 e. The van der Waals surface area contributed by atoms with Crippen LogP contribution in [0.15, 0.2) is 10.8 Å². The standard InChI is InChI=1S/C11H14N4OS/c1-6-4-17-5-8(6)3-13-11(16)9-7(2)14-15-10(9)12/h4-5H,3H2,1-2H3,(H,13,16)(H3,12,14,15). The number of aryl methyl sites for hydroxylation is 2. The van der Waals surface area contributed by atoms with Crippen LogP contribution >= 0.6 is 11.3 Å². The first-order chi connectivity index (χ1) is 8.09. The summed E-state index contributed by atoms with van der Waals surface area (Å²) in [6, 6.07) is 0. The second-order valence-corrected chi connectivity index (χ2v) is 4.62. The van der Waals surface area contributed by atoms with E-state index in [1.165, 1.54) is 5.56 Å². The van der Waals surface area contributed by atoms with Gasteiger partial charge < -0.3 is 11.1 Å². The molecule has 6 heteroatoms. The van der Waals surface area contributed by atoms with Gasteiger partial charge in [-0.1, -0.05) is 0 Å². The molecule has 90 valence electrons. The lowest BCUT2D eigenvalue weighted by atomic mass is 10.2. The molecule has 17 heavy (non-hydrogen) atoms. The summed E-state index contributed by atoms with van der Waals surface area (Å²) in [5, 5.41) is 13.4. The van der Waals surface area contributed by atoms with Crippen molar-refractivity contribution in [3.8, 4) is 0 Å². The lowest BCUT2D eigenvalue weighted by Gasteiger charge is -2.04. The van der Waals surface area contributed by atoms with Crippen LogP contribution in [0.25, 0.3) is 0 Å². The van der Waals surface area contributed by atoms with Crippen molar-refractivity contribution < 1.29 is 4.79 Å². The molecule has 0 radical (unpaired) electrons. The van der Waals surface area contributed by atoms with E-state index in [1.54, 1.807) is 18.3 Å². The number of aromatic amines is 1. The summed E-state index contributed by atoms with van der Waals surface area (Å²) >= 11 is 1.63. The number of carbonyl (C=O) groups excluding carboxylic acids is 1. The molecule has 2 aromatic heterocycles.